The molecule has 0 bridgehead atoms. The number of para-hydroxylation sites is 2. The van der Waals surface area contributed by atoms with Crippen LogP contribution in [-0.2, 0) is 11.3 Å². The van der Waals surface area contributed by atoms with Crippen molar-refractivity contribution < 1.29 is 14.3 Å². The van der Waals surface area contributed by atoms with Gasteiger partial charge < -0.3 is 19.9 Å². The molecule has 1 heterocycles. The lowest BCUT2D eigenvalue weighted by Crippen LogP contribution is -2.33. The Morgan fingerprint density at radius 3 is 2.51 bits per heavy atom. The highest BCUT2D eigenvalue weighted by Crippen LogP contribution is 2.27. The molecule has 2 aromatic carbocycles. The molecular formula is C26H31N5O3S. The van der Waals surface area contributed by atoms with Crippen LogP contribution in [0.5, 0.6) is 5.75 Å². The van der Waals surface area contributed by atoms with E-state index in [4.69, 9.17) is 4.74 Å². The molecule has 3 rings (SSSR count). The summed E-state index contributed by atoms with van der Waals surface area (Å²) in [6, 6.07) is 14.3. The Hall–Kier alpha value is -3.59. The maximum Gasteiger partial charge on any atom is 0.251 e. The number of hydrogen-bond acceptors (Lipinski definition) is 6. The lowest BCUT2D eigenvalue weighted by molar-refractivity contribution is -0.113. The summed E-state index contributed by atoms with van der Waals surface area (Å²) in [6.45, 7) is 10.3. The molecule has 0 saturated heterocycles. The summed E-state index contributed by atoms with van der Waals surface area (Å²) >= 11 is 1.27. The van der Waals surface area contributed by atoms with E-state index in [1.807, 2.05) is 49.6 Å². The highest BCUT2D eigenvalue weighted by atomic mass is 32.2. The summed E-state index contributed by atoms with van der Waals surface area (Å²) in [5.74, 6) is 1.03. The Morgan fingerprint density at radius 2 is 1.86 bits per heavy atom. The van der Waals surface area contributed by atoms with Crippen molar-refractivity contribution >= 4 is 29.3 Å². The molecular weight excluding hydrogens is 462 g/mol. The number of thioether (sulfide) groups is 1. The molecule has 35 heavy (non-hydrogen) atoms. The summed E-state index contributed by atoms with van der Waals surface area (Å²) in [5.41, 5.74) is 2.27. The minimum atomic E-state index is -0.368. The van der Waals surface area contributed by atoms with Crippen molar-refractivity contribution in [1.82, 2.24) is 20.1 Å². The second-order valence-corrected chi connectivity index (χ2v) is 9.28. The van der Waals surface area contributed by atoms with Gasteiger partial charge in [0.25, 0.3) is 5.91 Å². The van der Waals surface area contributed by atoms with E-state index < -0.39 is 0 Å². The van der Waals surface area contributed by atoms with Gasteiger partial charge in [0.1, 0.15) is 5.75 Å². The number of anilines is 1. The molecule has 0 saturated carbocycles. The third-order valence-electron chi connectivity index (χ3n) is 5.32. The summed E-state index contributed by atoms with van der Waals surface area (Å²) in [4.78, 5) is 25.5. The number of methoxy groups -OCH3 is 1. The third kappa shape index (κ3) is 6.73. The molecule has 0 unspecified atom stereocenters. The van der Waals surface area contributed by atoms with Gasteiger partial charge in [-0.3, -0.25) is 9.59 Å². The Morgan fingerprint density at radius 1 is 1.14 bits per heavy atom. The molecule has 2 N–H and O–H groups in total. The SMILES string of the molecule is C=CCn1c(SCC(=O)Nc2ccccc2OC)nnc1[C@@H](NC(=O)c1ccc(C)cc1)C(C)C. The number of hydrogen-bond donors (Lipinski definition) is 2. The standard InChI is InChI=1S/C26H31N5O3S/c1-6-15-31-24(23(17(2)3)28-25(33)19-13-11-18(4)12-14-19)29-30-26(31)35-16-22(32)27-20-9-7-8-10-21(20)34-5/h6-14,17,23H,1,15-16H2,2-5H3,(H,27,32)(H,28,33)/t23-/m0/s1. The number of nitrogens with zero attached hydrogens (tertiary/aromatic N) is 3. The predicted molar refractivity (Wildman–Crippen MR) is 139 cm³/mol. The number of aryl methyl sites for hydroxylation is 1. The van der Waals surface area contributed by atoms with Crippen LogP contribution >= 0.6 is 11.8 Å². The Balaban J connectivity index is 1.75. The van der Waals surface area contributed by atoms with Crippen LogP contribution in [0.25, 0.3) is 0 Å². The molecule has 0 radical (unpaired) electrons. The summed E-state index contributed by atoms with van der Waals surface area (Å²) in [6.07, 6.45) is 1.74. The number of allylic oxidation sites excluding steroid dienone is 1. The fourth-order valence-electron chi connectivity index (χ4n) is 3.46. The highest BCUT2D eigenvalue weighted by Gasteiger charge is 2.26. The lowest BCUT2D eigenvalue weighted by atomic mass is 10.0. The molecule has 0 aliphatic heterocycles. The van der Waals surface area contributed by atoms with Crippen molar-refractivity contribution in [3.8, 4) is 5.75 Å². The predicted octanol–water partition coefficient (Wildman–Crippen LogP) is 4.64. The van der Waals surface area contributed by atoms with Crippen LogP contribution in [0.4, 0.5) is 5.69 Å². The zero-order valence-corrected chi connectivity index (χ0v) is 21.3. The van der Waals surface area contributed by atoms with E-state index in [0.717, 1.165) is 5.56 Å². The number of rotatable bonds is 11. The van der Waals surface area contributed by atoms with Crippen LogP contribution in [-0.4, -0.2) is 39.4 Å². The van der Waals surface area contributed by atoms with Gasteiger partial charge in [0.05, 0.1) is 24.6 Å². The number of benzene rings is 2. The number of ether oxygens (including phenoxy) is 1. The first kappa shape index (κ1) is 26.0. The molecule has 2 amide bonds. The number of aromatic nitrogens is 3. The van der Waals surface area contributed by atoms with E-state index in [9.17, 15) is 9.59 Å². The molecule has 8 nitrogen and oxygen atoms in total. The van der Waals surface area contributed by atoms with Crippen molar-refractivity contribution in [3.05, 3.63) is 78.1 Å². The normalized spacial score (nSPS) is 11.7. The number of amides is 2. The Labute approximate surface area is 210 Å². The second kappa shape index (κ2) is 12.2. The smallest absolute Gasteiger partial charge is 0.251 e. The summed E-state index contributed by atoms with van der Waals surface area (Å²) in [7, 11) is 1.56. The first-order valence-electron chi connectivity index (χ1n) is 11.3. The van der Waals surface area contributed by atoms with Gasteiger partial charge in [-0.1, -0.05) is 61.5 Å². The molecule has 3 aromatic rings. The van der Waals surface area contributed by atoms with Crippen LogP contribution in [0.2, 0.25) is 0 Å². The number of carbonyl (C=O) groups excluding carboxylic acids is 2. The lowest BCUT2D eigenvalue weighted by Gasteiger charge is -2.22. The summed E-state index contributed by atoms with van der Waals surface area (Å²) < 4.78 is 7.17. The van der Waals surface area contributed by atoms with E-state index in [-0.39, 0.29) is 29.5 Å². The Kier molecular flexibility index (Phi) is 9.08. The van der Waals surface area contributed by atoms with Gasteiger partial charge in [0.2, 0.25) is 5.91 Å². The number of carbonyl (C=O) groups is 2. The van der Waals surface area contributed by atoms with E-state index in [0.29, 0.717) is 34.5 Å². The zero-order chi connectivity index (χ0) is 25.4. The molecule has 1 aromatic heterocycles. The fourth-order valence-corrected chi connectivity index (χ4v) is 4.22. The van der Waals surface area contributed by atoms with Gasteiger partial charge in [-0.2, -0.15) is 0 Å². The van der Waals surface area contributed by atoms with Crippen molar-refractivity contribution in [1.29, 1.82) is 0 Å². The minimum absolute atomic E-state index is 0.0591. The van der Waals surface area contributed by atoms with Crippen LogP contribution in [0.3, 0.4) is 0 Å². The third-order valence-corrected chi connectivity index (χ3v) is 6.28. The van der Waals surface area contributed by atoms with Crippen molar-refractivity contribution in [3.63, 3.8) is 0 Å². The largest absolute Gasteiger partial charge is 0.495 e. The molecule has 1 atom stereocenters. The zero-order valence-electron chi connectivity index (χ0n) is 20.4. The highest BCUT2D eigenvalue weighted by molar-refractivity contribution is 7.99. The van der Waals surface area contributed by atoms with Crippen molar-refractivity contribution in [2.45, 2.75) is 38.5 Å². The van der Waals surface area contributed by atoms with E-state index in [1.165, 1.54) is 11.8 Å². The van der Waals surface area contributed by atoms with Gasteiger partial charge in [-0.15, -0.1) is 16.8 Å². The van der Waals surface area contributed by atoms with E-state index in [2.05, 4.69) is 27.4 Å². The first-order chi connectivity index (χ1) is 16.8. The van der Waals surface area contributed by atoms with Crippen LogP contribution in [0, 0.1) is 12.8 Å². The van der Waals surface area contributed by atoms with Gasteiger partial charge >= 0.3 is 0 Å². The van der Waals surface area contributed by atoms with Crippen molar-refractivity contribution in [2.24, 2.45) is 5.92 Å². The quantitative estimate of drug-likeness (QED) is 0.298. The van der Waals surface area contributed by atoms with Crippen LogP contribution < -0.4 is 15.4 Å². The molecule has 0 aliphatic carbocycles. The van der Waals surface area contributed by atoms with Crippen molar-refractivity contribution in [2.75, 3.05) is 18.2 Å². The van der Waals surface area contributed by atoms with Gasteiger partial charge in [-0.05, 0) is 37.1 Å². The molecule has 9 heteroatoms. The van der Waals surface area contributed by atoms with Gasteiger partial charge in [0, 0.05) is 12.1 Å². The van der Waals surface area contributed by atoms with Gasteiger partial charge in [-0.25, -0.2) is 0 Å². The maximum absolute atomic E-state index is 12.9. The fraction of sp³-hybridized carbons (Fsp3) is 0.308. The monoisotopic (exact) mass is 493 g/mol. The average Bonchev–Trinajstić information content (AvgIpc) is 3.24. The van der Waals surface area contributed by atoms with E-state index in [1.54, 1.807) is 37.5 Å². The van der Waals surface area contributed by atoms with Crippen LogP contribution in [0.15, 0.2) is 66.3 Å². The van der Waals surface area contributed by atoms with Gasteiger partial charge in [0.15, 0.2) is 11.0 Å². The summed E-state index contributed by atoms with van der Waals surface area (Å²) in [5, 5.41) is 15.2. The first-order valence-corrected chi connectivity index (χ1v) is 12.3. The second-order valence-electron chi connectivity index (χ2n) is 8.34. The molecule has 184 valence electrons. The van der Waals surface area contributed by atoms with Crippen LogP contribution in [0.1, 0.15) is 41.6 Å². The minimum Gasteiger partial charge on any atom is -0.495 e. The maximum atomic E-state index is 12.9. The van der Waals surface area contributed by atoms with E-state index >= 15 is 0 Å². The molecule has 0 spiro atoms. The Bertz CT molecular complexity index is 1170. The molecule has 0 fully saturated rings. The topological polar surface area (TPSA) is 98.1 Å². The number of nitrogens with one attached hydrogen (secondary N) is 2. The molecule has 0 aliphatic rings. The average molecular weight is 494 g/mol.